The van der Waals surface area contributed by atoms with Gasteiger partial charge in [0, 0.05) is 23.6 Å². The van der Waals surface area contributed by atoms with Crippen LogP contribution < -0.4 is 5.73 Å². The lowest BCUT2D eigenvalue weighted by Crippen LogP contribution is -2.26. The third-order valence-electron chi connectivity index (χ3n) is 3.57. The number of rotatable bonds is 5. The number of aromatic nitrogens is 1. The summed E-state index contributed by atoms with van der Waals surface area (Å²) in [5.41, 5.74) is 7.10. The van der Waals surface area contributed by atoms with Gasteiger partial charge in [0.2, 0.25) is 6.10 Å². The Balaban J connectivity index is 1.84. The molecule has 1 heterocycles. The molecule has 0 fully saturated rings. The first-order chi connectivity index (χ1) is 11.6. The largest absolute Gasteiger partial charge is 0.444 e. The molecule has 5 nitrogen and oxygen atoms in total. The minimum Gasteiger partial charge on any atom is -0.444 e. The first kappa shape index (κ1) is 15.6. The number of hydrogen-bond donors (Lipinski definition) is 1. The maximum absolute atomic E-state index is 12.4. The minimum absolute atomic E-state index is 0.350. The van der Waals surface area contributed by atoms with E-state index in [-0.39, 0.29) is 0 Å². The normalized spacial score (nSPS) is 11.7. The van der Waals surface area contributed by atoms with Gasteiger partial charge >= 0.3 is 5.97 Å². The Labute approximate surface area is 139 Å². The van der Waals surface area contributed by atoms with Crippen LogP contribution in [-0.2, 0) is 9.53 Å². The lowest BCUT2D eigenvalue weighted by molar-refractivity contribution is -0.127. The van der Waals surface area contributed by atoms with Gasteiger partial charge in [-0.05, 0) is 30.3 Å². The molecule has 1 amide bonds. The Kier molecular flexibility index (Phi) is 4.43. The molecule has 3 rings (SSSR count). The fraction of sp³-hybridized carbons (Fsp3) is 0.0526. The monoisotopic (exact) mass is 320 g/mol. The molecule has 2 N–H and O–H groups in total. The lowest BCUT2D eigenvalue weighted by atomic mass is 10.1. The smallest absolute Gasteiger partial charge is 0.339 e. The van der Waals surface area contributed by atoms with Gasteiger partial charge in [-0.15, -0.1) is 0 Å². The Bertz CT molecular complexity index is 842. The maximum Gasteiger partial charge on any atom is 0.339 e. The average Bonchev–Trinajstić information content (AvgIpc) is 3.15. The lowest BCUT2D eigenvalue weighted by Gasteiger charge is -2.15. The number of benzene rings is 2. The molecular formula is C19H16N2O3. The molecule has 0 saturated heterocycles. The van der Waals surface area contributed by atoms with E-state index < -0.39 is 18.0 Å². The molecular weight excluding hydrogens is 304 g/mol. The number of ether oxygens (including phenoxy) is 1. The van der Waals surface area contributed by atoms with E-state index in [2.05, 4.69) is 0 Å². The highest BCUT2D eigenvalue weighted by Gasteiger charge is 2.23. The topological polar surface area (TPSA) is 74.3 Å². The van der Waals surface area contributed by atoms with Crippen molar-refractivity contribution in [3.63, 3.8) is 0 Å². The number of esters is 1. The van der Waals surface area contributed by atoms with Gasteiger partial charge in [-0.25, -0.2) is 4.79 Å². The highest BCUT2D eigenvalue weighted by atomic mass is 16.5. The predicted octanol–water partition coefficient (Wildman–Crippen LogP) is 2.86. The predicted molar refractivity (Wildman–Crippen MR) is 89.6 cm³/mol. The second kappa shape index (κ2) is 6.83. The quantitative estimate of drug-likeness (QED) is 0.735. The van der Waals surface area contributed by atoms with Crippen molar-refractivity contribution in [2.75, 3.05) is 0 Å². The standard InChI is InChI=1S/C19H16N2O3/c20-18(22)17(14-7-2-1-3-8-14)24-19(23)15-9-6-10-16(13-15)21-11-4-5-12-21/h1-13,17H,(H2,20,22)/t17-/m0/s1. The summed E-state index contributed by atoms with van der Waals surface area (Å²) >= 11 is 0. The van der Waals surface area contributed by atoms with Crippen LogP contribution in [0.4, 0.5) is 0 Å². The highest BCUT2D eigenvalue weighted by Crippen LogP contribution is 2.20. The molecule has 3 aromatic rings. The molecule has 0 aliphatic carbocycles. The van der Waals surface area contributed by atoms with Gasteiger partial charge in [0.1, 0.15) is 0 Å². The SMILES string of the molecule is NC(=O)[C@@H](OC(=O)c1cccc(-n2cccc2)c1)c1ccccc1. The van der Waals surface area contributed by atoms with Crippen LogP contribution in [0.15, 0.2) is 79.1 Å². The number of amides is 1. The van der Waals surface area contributed by atoms with Crippen LogP contribution in [0.25, 0.3) is 5.69 Å². The Morgan fingerprint density at radius 2 is 1.62 bits per heavy atom. The van der Waals surface area contributed by atoms with Crippen molar-refractivity contribution < 1.29 is 14.3 Å². The average molecular weight is 320 g/mol. The first-order valence-corrected chi connectivity index (χ1v) is 7.44. The van der Waals surface area contributed by atoms with Gasteiger partial charge < -0.3 is 15.0 Å². The number of nitrogens with zero attached hydrogens (tertiary/aromatic N) is 1. The van der Waals surface area contributed by atoms with Crippen molar-refractivity contribution in [2.45, 2.75) is 6.10 Å². The van der Waals surface area contributed by atoms with Crippen molar-refractivity contribution in [3.05, 3.63) is 90.3 Å². The van der Waals surface area contributed by atoms with E-state index in [9.17, 15) is 9.59 Å². The van der Waals surface area contributed by atoms with Crippen LogP contribution >= 0.6 is 0 Å². The zero-order valence-corrected chi connectivity index (χ0v) is 12.8. The summed E-state index contributed by atoms with van der Waals surface area (Å²) in [6.07, 6.45) is 2.63. The molecule has 0 bridgehead atoms. The van der Waals surface area contributed by atoms with Crippen LogP contribution in [0.5, 0.6) is 0 Å². The minimum atomic E-state index is -1.12. The third kappa shape index (κ3) is 3.35. The molecule has 0 spiro atoms. The van der Waals surface area contributed by atoms with Gasteiger partial charge in [0.15, 0.2) is 0 Å². The van der Waals surface area contributed by atoms with Crippen molar-refractivity contribution in [1.29, 1.82) is 0 Å². The second-order valence-electron chi connectivity index (χ2n) is 5.24. The molecule has 0 aliphatic rings. The molecule has 0 radical (unpaired) electrons. The van der Waals surface area contributed by atoms with E-state index >= 15 is 0 Å². The fourth-order valence-electron chi connectivity index (χ4n) is 2.39. The van der Waals surface area contributed by atoms with Gasteiger partial charge in [-0.1, -0.05) is 36.4 Å². The summed E-state index contributed by atoms with van der Waals surface area (Å²) in [4.78, 5) is 24.1. The fourth-order valence-corrected chi connectivity index (χ4v) is 2.39. The van der Waals surface area contributed by atoms with Gasteiger partial charge in [-0.2, -0.15) is 0 Å². The molecule has 0 unspecified atom stereocenters. The first-order valence-electron chi connectivity index (χ1n) is 7.44. The summed E-state index contributed by atoms with van der Waals surface area (Å²) in [6, 6.07) is 19.5. The van der Waals surface area contributed by atoms with E-state index in [0.717, 1.165) is 5.69 Å². The summed E-state index contributed by atoms with van der Waals surface area (Å²) < 4.78 is 7.21. The van der Waals surface area contributed by atoms with E-state index in [0.29, 0.717) is 11.1 Å². The third-order valence-corrected chi connectivity index (χ3v) is 3.57. The Morgan fingerprint density at radius 1 is 0.917 bits per heavy atom. The van der Waals surface area contributed by atoms with Gasteiger partial charge in [0.05, 0.1) is 5.56 Å². The molecule has 0 aliphatic heterocycles. The number of primary amides is 1. The molecule has 2 aromatic carbocycles. The van der Waals surface area contributed by atoms with Crippen molar-refractivity contribution >= 4 is 11.9 Å². The van der Waals surface area contributed by atoms with Crippen LogP contribution in [0, 0.1) is 0 Å². The van der Waals surface area contributed by atoms with Crippen LogP contribution in [-0.4, -0.2) is 16.4 Å². The molecule has 1 aromatic heterocycles. The molecule has 120 valence electrons. The molecule has 0 saturated carbocycles. The number of carbonyl (C=O) groups excluding carboxylic acids is 2. The number of nitrogens with two attached hydrogens (primary N) is 1. The van der Waals surface area contributed by atoms with Crippen molar-refractivity contribution in [1.82, 2.24) is 4.57 Å². The number of carbonyl (C=O) groups is 2. The van der Waals surface area contributed by atoms with Crippen LogP contribution in [0.3, 0.4) is 0 Å². The Morgan fingerprint density at radius 3 is 2.29 bits per heavy atom. The zero-order chi connectivity index (χ0) is 16.9. The number of hydrogen-bond acceptors (Lipinski definition) is 3. The van der Waals surface area contributed by atoms with Crippen LogP contribution in [0.1, 0.15) is 22.0 Å². The van der Waals surface area contributed by atoms with E-state index in [1.165, 1.54) is 0 Å². The van der Waals surface area contributed by atoms with Gasteiger partial charge in [0.25, 0.3) is 5.91 Å². The Hall–Kier alpha value is -3.34. The summed E-state index contributed by atoms with van der Waals surface area (Å²) in [6.45, 7) is 0. The highest BCUT2D eigenvalue weighted by molar-refractivity contribution is 5.92. The van der Waals surface area contributed by atoms with E-state index in [1.807, 2.05) is 41.2 Å². The summed E-state index contributed by atoms with van der Waals surface area (Å²) in [5, 5.41) is 0. The zero-order valence-electron chi connectivity index (χ0n) is 12.8. The van der Waals surface area contributed by atoms with Crippen molar-refractivity contribution in [3.8, 4) is 5.69 Å². The summed E-state index contributed by atoms with van der Waals surface area (Å²) in [5.74, 6) is -1.31. The maximum atomic E-state index is 12.4. The van der Waals surface area contributed by atoms with Crippen LogP contribution in [0.2, 0.25) is 0 Å². The van der Waals surface area contributed by atoms with Crippen molar-refractivity contribution in [2.24, 2.45) is 5.73 Å². The second-order valence-corrected chi connectivity index (χ2v) is 5.24. The van der Waals surface area contributed by atoms with E-state index in [4.69, 9.17) is 10.5 Å². The van der Waals surface area contributed by atoms with E-state index in [1.54, 1.807) is 42.5 Å². The van der Waals surface area contributed by atoms with Gasteiger partial charge in [-0.3, -0.25) is 4.79 Å². The molecule has 1 atom stereocenters. The molecule has 24 heavy (non-hydrogen) atoms. The molecule has 5 heteroatoms. The summed E-state index contributed by atoms with van der Waals surface area (Å²) in [7, 11) is 0.